The van der Waals surface area contributed by atoms with E-state index in [0.717, 1.165) is 22.7 Å². The van der Waals surface area contributed by atoms with Gasteiger partial charge in [0.1, 0.15) is 11.3 Å². The molecule has 0 bridgehead atoms. The van der Waals surface area contributed by atoms with Crippen molar-refractivity contribution in [1.82, 2.24) is 14.5 Å². The third-order valence-electron chi connectivity index (χ3n) is 3.16. The summed E-state index contributed by atoms with van der Waals surface area (Å²) in [6.07, 6.45) is 0. The maximum absolute atomic E-state index is 4.78. The van der Waals surface area contributed by atoms with Gasteiger partial charge in [0.05, 0.1) is 0 Å². The van der Waals surface area contributed by atoms with Crippen molar-refractivity contribution < 1.29 is 0 Å². The van der Waals surface area contributed by atoms with Gasteiger partial charge >= 0.3 is 0 Å². The number of hydrogen-bond acceptors (Lipinski definition) is 2. The van der Waals surface area contributed by atoms with Gasteiger partial charge in [-0.25, -0.2) is 9.97 Å². The minimum Gasteiger partial charge on any atom is -0.315 e. The summed E-state index contributed by atoms with van der Waals surface area (Å²) in [5, 5.41) is 0. The molecule has 2 aromatic rings. The van der Waals surface area contributed by atoms with Crippen molar-refractivity contribution in [1.29, 1.82) is 0 Å². The van der Waals surface area contributed by atoms with E-state index in [1.807, 2.05) is 0 Å². The van der Waals surface area contributed by atoms with E-state index < -0.39 is 0 Å². The molecule has 2 aromatic heterocycles. The average Bonchev–Trinajstić information content (AvgIpc) is 2.54. The smallest absolute Gasteiger partial charge is 0.160 e. The van der Waals surface area contributed by atoms with Crippen molar-refractivity contribution in [3.63, 3.8) is 0 Å². The average molecular weight is 245 g/mol. The Morgan fingerprint density at radius 3 is 2.00 bits per heavy atom. The first-order valence-electron chi connectivity index (χ1n) is 6.45. The first-order chi connectivity index (χ1) is 8.10. The molecule has 0 amide bonds. The van der Waals surface area contributed by atoms with Gasteiger partial charge in [-0.05, 0) is 12.1 Å². The molecule has 0 unspecified atom stereocenters. The fraction of sp³-hybridized carbons (Fsp3) is 0.600. The standard InChI is InChI=1S/C15H23N3/c1-14(2,3)11-9-8-10-12(17-11)18(7)13(16-10)15(4,5)6/h8-9H,1-7H3. The molecule has 2 heterocycles. The number of imidazole rings is 1. The second kappa shape index (κ2) is 3.81. The maximum atomic E-state index is 4.78. The highest BCUT2D eigenvalue weighted by Gasteiger charge is 2.23. The van der Waals surface area contributed by atoms with Crippen LogP contribution in [0.15, 0.2) is 12.1 Å². The molecule has 0 aromatic carbocycles. The molecule has 0 saturated heterocycles. The van der Waals surface area contributed by atoms with E-state index in [-0.39, 0.29) is 10.8 Å². The largest absolute Gasteiger partial charge is 0.315 e. The molecule has 0 atom stereocenters. The normalized spacial score (nSPS) is 13.3. The summed E-state index contributed by atoms with van der Waals surface area (Å²) in [6.45, 7) is 13.1. The van der Waals surface area contributed by atoms with E-state index in [1.54, 1.807) is 0 Å². The lowest BCUT2D eigenvalue weighted by Crippen LogP contribution is -2.17. The molecule has 0 aliphatic rings. The fourth-order valence-corrected chi connectivity index (χ4v) is 2.15. The Morgan fingerprint density at radius 1 is 0.889 bits per heavy atom. The van der Waals surface area contributed by atoms with E-state index in [4.69, 9.17) is 9.97 Å². The molecule has 0 saturated carbocycles. The molecule has 3 heteroatoms. The van der Waals surface area contributed by atoms with Gasteiger partial charge in [-0.15, -0.1) is 0 Å². The highest BCUT2D eigenvalue weighted by atomic mass is 15.1. The fourth-order valence-electron chi connectivity index (χ4n) is 2.15. The Labute approximate surface area is 109 Å². The Hall–Kier alpha value is -1.38. The van der Waals surface area contributed by atoms with Crippen LogP contribution in [-0.2, 0) is 17.9 Å². The number of aromatic nitrogens is 3. The molecule has 18 heavy (non-hydrogen) atoms. The minimum atomic E-state index is 0.0390. The van der Waals surface area contributed by atoms with Crippen LogP contribution in [0, 0.1) is 0 Å². The molecule has 0 fully saturated rings. The van der Waals surface area contributed by atoms with Crippen LogP contribution in [0.2, 0.25) is 0 Å². The van der Waals surface area contributed by atoms with Gasteiger partial charge in [0.2, 0.25) is 0 Å². The highest BCUT2D eigenvalue weighted by molar-refractivity contribution is 5.72. The van der Waals surface area contributed by atoms with Gasteiger partial charge < -0.3 is 4.57 Å². The number of pyridine rings is 1. The Balaban J connectivity index is 2.68. The van der Waals surface area contributed by atoms with Gasteiger partial charge in [0.15, 0.2) is 5.65 Å². The number of aryl methyl sites for hydroxylation is 1. The van der Waals surface area contributed by atoms with Gasteiger partial charge in [-0.2, -0.15) is 0 Å². The molecular weight excluding hydrogens is 222 g/mol. The Kier molecular flexibility index (Phi) is 2.76. The van der Waals surface area contributed by atoms with E-state index >= 15 is 0 Å². The van der Waals surface area contributed by atoms with Crippen LogP contribution in [0.1, 0.15) is 53.1 Å². The predicted octanol–water partition coefficient (Wildman–Crippen LogP) is 3.56. The second-order valence-corrected chi connectivity index (χ2v) is 7.03. The molecule has 0 spiro atoms. The molecule has 0 aliphatic carbocycles. The van der Waals surface area contributed by atoms with Gasteiger partial charge in [0, 0.05) is 23.6 Å². The zero-order valence-corrected chi connectivity index (χ0v) is 12.5. The number of fused-ring (bicyclic) bond motifs is 1. The van der Waals surface area contributed by atoms with E-state index in [0.29, 0.717) is 0 Å². The van der Waals surface area contributed by atoms with Crippen LogP contribution in [-0.4, -0.2) is 14.5 Å². The van der Waals surface area contributed by atoms with Crippen LogP contribution in [0.25, 0.3) is 11.2 Å². The molecule has 3 nitrogen and oxygen atoms in total. The lowest BCUT2D eigenvalue weighted by Gasteiger charge is -2.18. The van der Waals surface area contributed by atoms with Crippen molar-refractivity contribution in [3.8, 4) is 0 Å². The third-order valence-corrected chi connectivity index (χ3v) is 3.16. The Morgan fingerprint density at radius 2 is 1.50 bits per heavy atom. The van der Waals surface area contributed by atoms with Gasteiger partial charge in [-0.3, -0.25) is 0 Å². The molecule has 0 radical (unpaired) electrons. The summed E-state index contributed by atoms with van der Waals surface area (Å²) in [5.74, 6) is 1.08. The van der Waals surface area contributed by atoms with Crippen molar-refractivity contribution in [2.24, 2.45) is 7.05 Å². The van der Waals surface area contributed by atoms with Crippen LogP contribution >= 0.6 is 0 Å². The van der Waals surface area contributed by atoms with Crippen molar-refractivity contribution >= 4 is 11.2 Å². The van der Waals surface area contributed by atoms with E-state index in [9.17, 15) is 0 Å². The lowest BCUT2D eigenvalue weighted by atomic mass is 9.92. The SMILES string of the molecule is Cn1c(C(C)(C)C)nc2ccc(C(C)(C)C)nc21. The number of rotatable bonds is 0. The lowest BCUT2D eigenvalue weighted by molar-refractivity contribution is 0.525. The second-order valence-electron chi connectivity index (χ2n) is 7.03. The summed E-state index contributed by atoms with van der Waals surface area (Å²) in [5.41, 5.74) is 3.18. The first kappa shape index (κ1) is 13.1. The summed E-state index contributed by atoms with van der Waals surface area (Å²) >= 11 is 0. The molecule has 2 rings (SSSR count). The molecular formula is C15H23N3. The van der Waals surface area contributed by atoms with Crippen LogP contribution in [0.3, 0.4) is 0 Å². The third kappa shape index (κ3) is 2.14. The zero-order chi connectivity index (χ0) is 13.7. The van der Waals surface area contributed by atoms with Crippen LogP contribution in [0.4, 0.5) is 0 Å². The molecule has 0 N–H and O–H groups in total. The predicted molar refractivity (Wildman–Crippen MR) is 75.9 cm³/mol. The Bertz CT molecular complexity index is 580. The summed E-state index contributed by atoms with van der Waals surface area (Å²) in [4.78, 5) is 9.49. The highest BCUT2D eigenvalue weighted by Crippen LogP contribution is 2.27. The van der Waals surface area contributed by atoms with Crippen molar-refractivity contribution in [2.45, 2.75) is 52.4 Å². The molecule has 98 valence electrons. The maximum Gasteiger partial charge on any atom is 0.160 e. The monoisotopic (exact) mass is 245 g/mol. The van der Waals surface area contributed by atoms with Crippen LogP contribution < -0.4 is 0 Å². The van der Waals surface area contributed by atoms with Crippen molar-refractivity contribution in [3.05, 3.63) is 23.7 Å². The van der Waals surface area contributed by atoms with Crippen molar-refractivity contribution in [2.75, 3.05) is 0 Å². The summed E-state index contributed by atoms with van der Waals surface area (Å²) in [6, 6.07) is 4.17. The summed E-state index contributed by atoms with van der Waals surface area (Å²) < 4.78 is 2.12. The first-order valence-corrected chi connectivity index (χ1v) is 6.45. The van der Waals surface area contributed by atoms with Crippen LogP contribution in [0.5, 0.6) is 0 Å². The zero-order valence-electron chi connectivity index (χ0n) is 12.5. The molecule has 0 aliphatic heterocycles. The minimum absolute atomic E-state index is 0.0390. The quantitative estimate of drug-likeness (QED) is 0.710. The topological polar surface area (TPSA) is 30.7 Å². The van der Waals surface area contributed by atoms with E-state index in [1.165, 1.54) is 0 Å². The number of nitrogens with zero attached hydrogens (tertiary/aromatic N) is 3. The van der Waals surface area contributed by atoms with Gasteiger partial charge in [-0.1, -0.05) is 41.5 Å². The summed E-state index contributed by atoms with van der Waals surface area (Å²) in [7, 11) is 2.05. The number of hydrogen-bond donors (Lipinski definition) is 0. The van der Waals surface area contributed by atoms with Gasteiger partial charge in [0.25, 0.3) is 0 Å². The van der Waals surface area contributed by atoms with E-state index in [2.05, 4.69) is 65.3 Å².